The maximum atomic E-state index is 13.2. The van der Waals surface area contributed by atoms with Crippen LogP contribution in [0.15, 0.2) is 29.5 Å². The molecule has 148 valence electrons. The molecule has 0 spiro atoms. The number of aliphatic hydroxyl groups is 3. The first-order valence-corrected chi connectivity index (χ1v) is 9.39. The highest BCUT2D eigenvalue weighted by Crippen LogP contribution is 2.50. The highest BCUT2D eigenvalue weighted by atomic mass is 16.5. The van der Waals surface area contributed by atoms with Gasteiger partial charge in [0.05, 0.1) is 30.6 Å². The Bertz CT molecular complexity index is 900. The van der Waals surface area contributed by atoms with E-state index in [2.05, 4.69) is 0 Å². The molecule has 0 heterocycles. The van der Waals surface area contributed by atoms with Gasteiger partial charge in [-0.15, -0.1) is 0 Å². The SMILES string of the molecule is COc1cccc2c1C(=O)C1C(C2=O)C(O)=C2CC(C(=O)CO)CCC2C1O. The number of fused-ring (bicyclic) bond motifs is 3. The van der Waals surface area contributed by atoms with Crippen molar-refractivity contribution >= 4 is 17.3 Å². The molecule has 5 atom stereocenters. The molecule has 0 amide bonds. The van der Waals surface area contributed by atoms with Crippen molar-refractivity contribution in [1.29, 1.82) is 0 Å². The van der Waals surface area contributed by atoms with E-state index >= 15 is 0 Å². The highest BCUT2D eigenvalue weighted by molar-refractivity contribution is 6.18. The van der Waals surface area contributed by atoms with E-state index in [9.17, 15) is 24.6 Å². The molecule has 0 aliphatic heterocycles. The number of benzene rings is 1. The lowest BCUT2D eigenvalue weighted by Gasteiger charge is -2.45. The van der Waals surface area contributed by atoms with Crippen molar-refractivity contribution < 1.29 is 34.4 Å². The van der Waals surface area contributed by atoms with Crippen LogP contribution in [-0.4, -0.2) is 52.5 Å². The van der Waals surface area contributed by atoms with Gasteiger partial charge in [0.1, 0.15) is 18.1 Å². The standard InChI is InChI=1S/C21H22O7/c1-28-14-4-2-3-11-15(14)21(27)17-16(19(11)25)20(26)12-7-9(13(23)8-22)5-6-10(12)18(17)24/h2-4,9-10,16-18,22,24,26H,5-8H2,1H3. The number of hydrogen-bond donors (Lipinski definition) is 3. The maximum absolute atomic E-state index is 13.2. The van der Waals surface area contributed by atoms with Gasteiger partial charge in [-0.2, -0.15) is 0 Å². The van der Waals surface area contributed by atoms with Gasteiger partial charge < -0.3 is 20.1 Å². The number of methoxy groups -OCH3 is 1. The number of aliphatic hydroxyl groups excluding tert-OH is 3. The summed E-state index contributed by atoms with van der Waals surface area (Å²) in [7, 11) is 1.41. The van der Waals surface area contributed by atoms with E-state index in [-0.39, 0.29) is 34.8 Å². The molecule has 1 aromatic rings. The first kappa shape index (κ1) is 18.8. The number of carbonyl (C=O) groups is 3. The van der Waals surface area contributed by atoms with Crippen LogP contribution in [0.4, 0.5) is 0 Å². The zero-order valence-corrected chi connectivity index (χ0v) is 15.4. The van der Waals surface area contributed by atoms with Gasteiger partial charge >= 0.3 is 0 Å². The van der Waals surface area contributed by atoms with Crippen LogP contribution >= 0.6 is 0 Å². The van der Waals surface area contributed by atoms with Crippen molar-refractivity contribution in [3.8, 4) is 5.75 Å². The minimum Gasteiger partial charge on any atom is -0.512 e. The lowest BCUT2D eigenvalue weighted by Crippen LogP contribution is -2.52. The van der Waals surface area contributed by atoms with Gasteiger partial charge in [-0.05, 0) is 30.9 Å². The number of allylic oxidation sites excluding steroid dienone is 1. The van der Waals surface area contributed by atoms with Crippen LogP contribution in [0.25, 0.3) is 0 Å². The number of hydrogen-bond acceptors (Lipinski definition) is 7. The van der Waals surface area contributed by atoms with Crippen LogP contribution in [-0.2, 0) is 4.79 Å². The third-order valence-corrected chi connectivity index (χ3v) is 6.46. The number of carbonyl (C=O) groups excluding carboxylic acids is 3. The van der Waals surface area contributed by atoms with Crippen molar-refractivity contribution in [2.45, 2.75) is 25.4 Å². The van der Waals surface area contributed by atoms with Crippen LogP contribution in [0.3, 0.4) is 0 Å². The fraction of sp³-hybridized carbons (Fsp3) is 0.476. The molecule has 28 heavy (non-hydrogen) atoms. The Morgan fingerprint density at radius 3 is 2.64 bits per heavy atom. The summed E-state index contributed by atoms with van der Waals surface area (Å²) in [6.07, 6.45) is -0.0870. The van der Waals surface area contributed by atoms with Gasteiger partial charge in [0.15, 0.2) is 17.3 Å². The second-order valence-corrected chi connectivity index (χ2v) is 7.73. The summed E-state index contributed by atoms with van der Waals surface area (Å²) >= 11 is 0. The Morgan fingerprint density at radius 2 is 1.96 bits per heavy atom. The first-order chi connectivity index (χ1) is 13.4. The molecule has 1 fully saturated rings. The number of Topliss-reactive ketones (excluding diaryl/α,β-unsaturated/α-hetero) is 3. The molecule has 0 radical (unpaired) electrons. The molecule has 5 unspecified atom stereocenters. The molecule has 0 aromatic heterocycles. The Kier molecular flexibility index (Phi) is 4.59. The summed E-state index contributed by atoms with van der Waals surface area (Å²) in [5.74, 6) is -4.28. The predicted octanol–water partition coefficient (Wildman–Crippen LogP) is 1.47. The zero-order valence-electron chi connectivity index (χ0n) is 15.4. The van der Waals surface area contributed by atoms with Gasteiger partial charge in [-0.25, -0.2) is 0 Å². The van der Waals surface area contributed by atoms with Crippen LogP contribution in [0.2, 0.25) is 0 Å². The Labute approximate surface area is 161 Å². The molecule has 3 aliphatic carbocycles. The summed E-state index contributed by atoms with van der Waals surface area (Å²) in [6, 6.07) is 4.71. The number of ketones is 3. The third kappa shape index (κ3) is 2.53. The maximum Gasteiger partial charge on any atom is 0.175 e. The highest BCUT2D eigenvalue weighted by Gasteiger charge is 2.55. The molecule has 0 saturated heterocycles. The molecular weight excluding hydrogens is 364 g/mol. The normalized spacial score (nSPS) is 31.8. The second-order valence-electron chi connectivity index (χ2n) is 7.73. The summed E-state index contributed by atoms with van der Waals surface area (Å²) in [6.45, 7) is -0.581. The van der Waals surface area contributed by atoms with Crippen LogP contribution in [0.1, 0.15) is 40.0 Å². The van der Waals surface area contributed by atoms with Crippen LogP contribution in [0.5, 0.6) is 5.75 Å². The lowest BCUT2D eigenvalue weighted by molar-refractivity contribution is -0.126. The molecular formula is C21H22O7. The number of rotatable bonds is 3. The van der Waals surface area contributed by atoms with E-state index in [0.29, 0.717) is 18.4 Å². The molecule has 3 N–H and O–H groups in total. The Hall–Kier alpha value is -2.51. The molecule has 3 aliphatic rings. The van der Waals surface area contributed by atoms with Crippen molar-refractivity contribution in [2.24, 2.45) is 23.7 Å². The summed E-state index contributed by atoms with van der Waals surface area (Å²) < 4.78 is 5.24. The smallest absolute Gasteiger partial charge is 0.175 e. The van der Waals surface area contributed by atoms with Gasteiger partial charge in [0, 0.05) is 17.4 Å². The second kappa shape index (κ2) is 6.83. The van der Waals surface area contributed by atoms with E-state index < -0.39 is 47.9 Å². The molecule has 0 bridgehead atoms. The Morgan fingerprint density at radius 1 is 1.21 bits per heavy atom. The van der Waals surface area contributed by atoms with E-state index in [1.165, 1.54) is 13.2 Å². The van der Waals surface area contributed by atoms with Crippen molar-refractivity contribution in [3.05, 3.63) is 40.7 Å². The van der Waals surface area contributed by atoms with E-state index in [4.69, 9.17) is 9.84 Å². The fourth-order valence-electron chi connectivity index (χ4n) is 5.06. The van der Waals surface area contributed by atoms with Crippen molar-refractivity contribution in [1.82, 2.24) is 0 Å². The van der Waals surface area contributed by atoms with Crippen molar-refractivity contribution in [2.75, 3.05) is 13.7 Å². The van der Waals surface area contributed by atoms with Crippen LogP contribution < -0.4 is 4.74 Å². The topological polar surface area (TPSA) is 121 Å². The summed E-state index contributed by atoms with van der Waals surface area (Å²) in [5.41, 5.74) is 0.775. The lowest BCUT2D eigenvalue weighted by atomic mass is 9.59. The molecule has 1 saturated carbocycles. The average Bonchev–Trinajstić information content (AvgIpc) is 2.72. The molecule has 1 aromatic carbocycles. The predicted molar refractivity (Wildman–Crippen MR) is 97.2 cm³/mol. The van der Waals surface area contributed by atoms with Gasteiger partial charge in [0.25, 0.3) is 0 Å². The summed E-state index contributed by atoms with van der Waals surface area (Å²) in [4.78, 5) is 38.3. The van der Waals surface area contributed by atoms with Gasteiger partial charge in [0.2, 0.25) is 0 Å². The monoisotopic (exact) mass is 386 g/mol. The van der Waals surface area contributed by atoms with Crippen molar-refractivity contribution in [3.63, 3.8) is 0 Å². The van der Waals surface area contributed by atoms with Gasteiger partial charge in [-0.3, -0.25) is 14.4 Å². The quantitative estimate of drug-likeness (QED) is 0.719. The van der Waals surface area contributed by atoms with E-state index in [0.717, 1.165) is 0 Å². The average molecular weight is 386 g/mol. The third-order valence-electron chi connectivity index (χ3n) is 6.46. The molecule has 7 nitrogen and oxygen atoms in total. The van der Waals surface area contributed by atoms with Crippen LogP contribution in [0, 0.1) is 23.7 Å². The zero-order chi connectivity index (χ0) is 20.2. The molecule has 7 heteroatoms. The first-order valence-electron chi connectivity index (χ1n) is 9.39. The largest absolute Gasteiger partial charge is 0.512 e. The summed E-state index contributed by atoms with van der Waals surface area (Å²) in [5, 5.41) is 31.0. The minimum absolute atomic E-state index is 0.149. The van der Waals surface area contributed by atoms with E-state index in [1.54, 1.807) is 12.1 Å². The number of ether oxygens (including phenoxy) is 1. The van der Waals surface area contributed by atoms with E-state index in [1.807, 2.05) is 0 Å². The Balaban J connectivity index is 1.82. The minimum atomic E-state index is -1.16. The fourth-order valence-corrected chi connectivity index (χ4v) is 5.06. The van der Waals surface area contributed by atoms with Gasteiger partial charge in [-0.1, -0.05) is 12.1 Å². The molecule has 4 rings (SSSR count).